The zero-order valence-electron chi connectivity index (χ0n) is 17.2. The van der Waals surface area contributed by atoms with E-state index in [4.69, 9.17) is 26.2 Å². The Labute approximate surface area is 186 Å². The van der Waals surface area contributed by atoms with Crippen molar-refractivity contribution in [3.05, 3.63) is 76.9 Å². The van der Waals surface area contributed by atoms with Crippen LogP contribution in [0.1, 0.15) is 28.8 Å². The highest BCUT2D eigenvalue weighted by molar-refractivity contribution is 6.30. The van der Waals surface area contributed by atoms with Gasteiger partial charge in [-0.1, -0.05) is 54.1 Å². The number of halogens is 1. The Morgan fingerprint density at radius 1 is 1.00 bits per heavy atom. The summed E-state index contributed by atoms with van der Waals surface area (Å²) in [7, 11) is 0. The average Bonchev–Trinajstić information content (AvgIpc) is 3.43. The molecule has 0 saturated carbocycles. The largest absolute Gasteiger partial charge is 0.347 e. The van der Waals surface area contributed by atoms with Crippen LogP contribution in [0.25, 0.3) is 11.3 Å². The fourth-order valence-corrected chi connectivity index (χ4v) is 4.38. The van der Waals surface area contributed by atoms with E-state index in [2.05, 4.69) is 12.1 Å². The number of amides is 1. The van der Waals surface area contributed by atoms with E-state index >= 15 is 0 Å². The number of piperidine rings is 1. The van der Waals surface area contributed by atoms with E-state index in [0.717, 1.165) is 11.1 Å². The fourth-order valence-electron chi connectivity index (χ4n) is 4.26. The van der Waals surface area contributed by atoms with Crippen LogP contribution in [0.5, 0.6) is 0 Å². The van der Waals surface area contributed by atoms with E-state index < -0.39 is 5.79 Å². The third-order valence-corrected chi connectivity index (χ3v) is 6.18. The van der Waals surface area contributed by atoms with Crippen LogP contribution in [0, 0.1) is 0 Å². The molecular weight excluding hydrogens is 414 g/mol. The van der Waals surface area contributed by atoms with E-state index in [-0.39, 0.29) is 5.91 Å². The maximum atomic E-state index is 13.5. The number of hydrogen-bond acceptors (Lipinski definition) is 4. The van der Waals surface area contributed by atoms with Crippen molar-refractivity contribution in [2.45, 2.75) is 25.2 Å². The molecule has 0 atom stereocenters. The Kier molecular flexibility index (Phi) is 5.52. The molecular formula is C24H24ClN3O3. The predicted molar refractivity (Wildman–Crippen MR) is 118 cm³/mol. The molecule has 2 aromatic carbocycles. The maximum Gasteiger partial charge on any atom is 0.257 e. The minimum atomic E-state index is -0.507. The first-order valence-corrected chi connectivity index (χ1v) is 10.9. The van der Waals surface area contributed by atoms with E-state index in [1.165, 1.54) is 0 Å². The number of carbonyl (C=O) groups is 1. The number of nitrogens with zero attached hydrogens (tertiary/aromatic N) is 3. The molecule has 1 aromatic heterocycles. The third-order valence-electron chi connectivity index (χ3n) is 5.92. The van der Waals surface area contributed by atoms with Crippen LogP contribution >= 0.6 is 11.6 Å². The molecule has 3 heterocycles. The average molecular weight is 438 g/mol. The Morgan fingerprint density at radius 3 is 2.35 bits per heavy atom. The van der Waals surface area contributed by atoms with Gasteiger partial charge in [0, 0.05) is 42.7 Å². The maximum absolute atomic E-state index is 13.5. The molecule has 2 saturated heterocycles. The molecule has 2 aliphatic heterocycles. The van der Waals surface area contributed by atoms with Crippen LogP contribution in [0.15, 0.2) is 60.8 Å². The highest BCUT2D eigenvalue weighted by Gasteiger charge is 2.41. The Bertz CT molecular complexity index is 1050. The molecule has 2 aliphatic rings. The molecule has 1 amide bonds. The second-order valence-corrected chi connectivity index (χ2v) is 8.42. The van der Waals surface area contributed by atoms with Crippen molar-refractivity contribution in [2.24, 2.45) is 0 Å². The molecule has 31 heavy (non-hydrogen) atoms. The lowest BCUT2D eigenvalue weighted by Crippen LogP contribution is -2.47. The van der Waals surface area contributed by atoms with Crippen LogP contribution in [0.2, 0.25) is 5.02 Å². The van der Waals surface area contributed by atoms with Gasteiger partial charge >= 0.3 is 0 Å². The molecule has 3 aromatic rings. The van der Waals surface area contributed by atoms with Crippen LogP contribution in [-0.2, 0) is 16.0 Å². The van der Waals surface area contributed by atoms with Crippen molar-refractivity contribution in [1.29, 1.82) is 0 Å². The van der Waals surface area contributed by atoms with Gasteiger partial charge in [-0.3, -0.25) is 9.48 Å². The summed E-state index contributed by atoms with van der Waals surface area (Å²) in [5.41, 5.74) is 3.27. The van der Waals surface area contributed by atoms with Gasteiger partial charge in [-0.15, -0.1) is 0 Å². The molecule has 5 rings (SSSR count). The lowest BCUT2D eigenvalue weighted by Gasteiger charge is -2.37. The van der Waals surface area contributed by atoms with E-state index in [1.54, 1.807) is 0 Å². The number of likely N-dealkylation sites (tertiary alicyclic amines) is 1. The normalized spacial score (nSPS) is 17.9. The number of ether oxygens (including phenoxy) is 2. The minimum absolute atomic E-state index is 0.0166. The standard InChI is InChI=1S/C24H24ClN3O3/c25-20-8-6-19(7-9-20)22-21(17-28(26-22)16-18-4-2-1-3-5-18)23(29)27-12-10-24(11-13-27)30-14-15-31-24/h1-9,17H,10-16H2. The molecule has 7 heteroatoms. The molecule has 160 valence electrons. The topological polar surface area (TPSA) is 56.6 Å². The van der Waals surface area contributed by atoms with Gasteiger partial charge in [0.05, 0.1) is 25.3 Å². The molecule has 1 spiro atoms. The summed E-state index contributed by atoms with van der Waals surface area (Å²) in [6.07, 6.45) is 3.23. The van der Waals surface area contributed by atoms with Crippen LogP contribution in [0.4, 0.5) is 0 Å². The summed E-state index contributed by atoms with van der Waals surface area (Å²) in [4.78, 5) is 15.4. The van der Waals surface area contributed by atoms with Crippen molar-refractivity contribution in [1.82, 2.24) is 14.7 Å². The second-order valence-electron chi connectivity index (χ2n) is 7.98. The van der Waals surface area contributed by atoms with Crippen molar-refractivity contribution in [3.63, 3.8) is 0 Å². The lowest BCUT2D eigenvalue weighted by molar-refractivity contribution is -0.181. The van der Waals surface area contributed by atoms with Crippen molar-refractivity contribution >= 4 is 17.5 Å². The summed E-state index contributed by atoms with van der Waals surface area (Å²) >= 11 is 6.07. The first-order chi connectivity index (χ1) is 15.1. The molecule has 6 nitrogen and oxygen atoms in total. The van der Waals surface area contributed by atoms with Gasteiger partial charge in [0.15, 0.2) is 5.79 Å². The highest BCUT2D eigenvalue weighted by atomic mass is 35.5. The first-order valence-electron chi connectivity index (χ1n) is 10.6. The lowest BCUT2D eigenvalue weighted by atomic mass is 10.0. The minimum Gasteiger partial charge on any atom is -0.347 e. The van der Waals surface area contributed by atoms with Gasteiger partial charge in [-0.05, 0) is 17.7 Å². The van der Waals surface area contributed by atoms with E-state index in [1.807, 2.05) is 58.2 Å². The third kappa shape index (κ3) is 4.24. The van der Waals surface area contributed by atoms with Gasteiger partial charge in [0.2, 0.25) is 0 Å². The zero-order valence-corrected chi connectivity index (χ0v) is 17.9. The van der Waals surface area contributed by atoms with Gasteiger partial charge < -0.3 is 14.4 Å². The number of carbonyl (C=O) groups excluding carboxylic acids is 1. The monoisotopic (exact) mass is 437 g/mol. The van der Waals surface area contributed by atoms with E-state index in [9.17, 15) is 4.79 Å². The van der Waals surface area contributed by atoms with Crippen LogP contribution in [-0.4, -0.2) is 52.7 Å². The van der Waals surface area contributed by atoms with Crippen molar-refractivity contribution in [2.75, 3.05) is 26.3 Å². The second kappa shape index (κ2) is 8.46. The SMILES string of the molecule is O=C(c1cn(Cc2ccccc2)nc1-c1ccc(Cl)cc1)N1CCC2(CC1)OCCO2. The summed E-state index contributed by atoms with van der Waals surface area (Å²) < 4.78 is 13.4. The first kappa shape index (κ1) is 20.2. The van der Waals surface area contributed by atoms with Gasteiger partial charge in [0.25, 0.3) is 5.91 Å². The predicted octanol–water partition coefficient (Wildman–Crippen LogP) is 4.23. The quantitative estimate of drug-likeness (QED) is 0.613. The van der Waals surface area contributed by atoms with Crippen molar-refractivity contribution in [3.8, 4) is 11.3 Å². The van der Waals surface area contributed by atoms with Gasteiger partial charge in [-0.2, -0.15) is 5.10 Å². The summed E-state index contributed by atoms with van der Waals surface area (Å²) in [5.74, 6) is -0.523. The number of benzene rings is 2. The van der Waals surface area contributed by atoms with Crippen LogP contribution < -0.4 is 0 Å². The molecule has 0 bridgehead atoms. The fraction of sp³-hybridized carbons (Fsp3) is 0.333. The number of hydrogen-bond donors (Lipinski definition) is 0. The Balaban J connectivity index is 1.43. The van der Waals surface area contributed by atoms with E-state index in [0.29, 0.717) is 62.0 Å². The van der Waals surface area contributed by atoms with Gasteiger partial charge in [0.1, 0.15) is 5.69 Å². The highest BCUT2D eigenvalue weighted by Crippen LogP contribution is 2.33. The molecule has 0 aliphatic carbocycles. The molecule has 2 fully saturated rings. The number of rotatable bonds is 4. The molecule has 0 radical (unpaired) electrons. The number of aromatic nitrogens is 2. The summed E-state index contributed by atoms with van der Waals surface area (Å²) in [6, 6.07) is 17.5. The molecule has 0 unspecified atom stereocenters. The Morgan fingerprint density at radius 2 is 1.68 bits per heavy atom. The smallest absolute Gasteiger partial charge is 0.257 e. The van der Waals surface area contributed by atoms with Crippen LogP contribution in [0.3, 0.4) is 0 Å². The Hall–Kier alpha value is -2.67. The zero-order chi connectivity index (χ0) is 21.3. The summed E-state index contributed by atoms with van der Waals surface area (Å²) in [5, 5.41) is 5.42. The molecule has 0 N–H and O–H groups in total. The van der Waals surface area contributed by atoms with Gasteiger partial charge in [-0.25, -0.2) is 0 Å². The van der Waals surface area contributed by atoms with Crippen molar-refractivity contribution < 1.29 is 14.3 Å². The summed E-state index contributed by atoms with van der Waals surface area (Å²) in [6.45, 7) is 3.05.